The second kappa shape index (κ2) is 9.41. The summed E-state index contributed by atoms with van der Waals surface area (Å²) in [4.78, 5) is 27.3. The van der Waals surface area contributed by atoms with E-state index < -0.39 is 5.63 Å². The summed E-state index contributed by atoms with van der Waals surface area (Å²) in [5, 5.41) is 0.706. The second-order valence-corrected chi connectivity index (χ2v) is 9.73. The van der Waals surface area contributed by atoms with Crippen molar-refractivity contribution in [1.82, 2.24) is 4.90 Å². The van der Waals surface area contributed by atoms with Crippen molar-refractivity contribution in [3.05, 3.63) is 64.0 Å². The molecule has 0 aliphatic carbocycles. The lowest BCUT2D eigenvalue weighted by atomic mass is 9.88. The molecule has 3 aromatic rings. The van der Waals surface area contributed by atoms with Crippen molar-refractivity contribution in [3.8, 4) is 17.2 Å². The van der Waals surface area contributed by atoms with Crippen LogP contribution in [0.4, 0.5) is 0 Å². The number of hydrogen-bond donors (Lipinski definition) is 0. The van der Waals surface area contributed by atoms with E-state index in [2.05, 4.69) is 20.8 Å². The molecule has 4 rings (SSSR count). The van der Waals surface area contributed by atoms with Crippen LogP contribution < -0.4 is 19.8 Å². The van der Waals surface area contributed by atoms with Crippen molar-refractivity contribution in [1.29, 1.82) is 0 Å². The minimum absolute atomic E-state index is 0.0685. The van der Waals surface area contributed by atoms with Gasteiger partial charge in [-0.25, -0.2) is 4.79 Å². The predicted octanol–water partition coefficient (Wildman–Crippen LogP) is 4.75. The lowest BCUT2D eigenvalue weighted by Crippen LogP contribution is -2.43. The van der Waals surface area contributed by atoms with Gasteiger partial charge in [0.25, 0.3) is 0 Å². The average Bonchev–Trinajstić information content (AvgIpc) is 2.79. The summed E-state index contributed by atoms with van der Waals surface area (Å²) in [5.41, 5.74) is 1.88. The summed E-state index contributed by atoms with van der Waals surface area (Å²) in [7, 11) is 3.20. The Morgan fingerprint density at radius 1 is 1.06 bits per heavy atom. The fraction of sp³-hybridized carbons (Fsp3) is 0.407. The van der Waals surface area contributed by atoms with Gasteiger partial charge in [0.05, 0.1) is 31.7 Å². The van der Waals surface area contributed by atoms with E-state index in [1.807, 2.05) is 29.2 Å². The number of para-hydroxylation sites is 1. The molecule has 0 N–H and O–H groups in total. The highest BCUT2D eigenvalue weighted by Crippen LogP contribution is 2.39. The van der Waals surface area contributed by atoms with Gasteiger partial charge in [-0.05, 0) is 47.2 Å². The Labute approximate surface area is 199 Å². The van der Waals surface area contributed by atoms with Gasteiger partial charge in [-0.1, -0.05) is 32.9 Å². The van der Waals surface area contributed by atoms with E-state index >= 15 is 0 Å². The Morgan fingerprint density at radius 2 is 1.76 bits per heavy atom. The average molecular weight is 466 g/mol. The molecule has 2 heterocycles. The second-order valence-electron chi connectivity index (χ2n) is 9.73. The summed E-state index contributed by atoms with van der Waals surface area (Å²) in [6.07, 6.45) is 1.13. The van der Waals surface area contributed by atoms with Gasteiger partial charge in [-0.2, -0.15) is 0 Å². The van der Waals surface area contributed by atoms with E-state index in [1.54, 1.807) is 26.4 Å². The van der Waals surface area contributed by atoms with Crippen LogP contribution in [0.2, 0.25) is 0 Å². The Hall–Kier alpha value is -3.48. The molecule has 1 unspecified atom stereocenters. The zero-order valence-electron chi connectivity index (χ0n) is 20.3. The number of fused-ring (bicyclic) bond motifs is 2. The molecule has 0 fully saturated rings. The third-order valence-corrected chi connectivity index (χ3v) is 6.01. The van der Waals surface area contributed by atoms with E-state index in [9.17, 15) is 9.59 Å². The monoisotopic (exact) mass is 465 g/mol. The quantitative estimate of drug-likeness (QED) is 0.489. The van der Waals surface area contributed by atoms with Gasteiger partial charge >= 0.3 is 5.63 Å². The topological polar surface area (TPSA) is 78.2 Å². The van der Waals surface area contributed by atoms with Crippen molar-refractivity contribution in [2.24, 2.45) is 5.41 Å². The van der Waals surface area contributed by atoms with Crippen molar-refractivity contribution in [2.45, 2.75) is 39.7 Å². The SMILES string of the molecule is COc1cc2c(cc1OC)C(COc1cc(=O)oc3ccccc13)N(C(=O)CC(C)(C)C)CC2. The molecule has 0 radical (unpaired) electrons. The Morgan fingerprint density at radius 3 is 2.47 bits per heavy atom. The lowest BCUT2D eigenvalue weighted by Gasteiger charge is -2.39. The summed E-state index contributed by atoms with van der Waals surface area (Å²) < 4.78 is 22.5. The minimum Gasteiger partial charge on any atom is -0.493 e. The lowest BCUT2D eigenvalue weighted by molar-refractivity contribution is -0.136. The van der Waals surface area contributed by atoms with E-state index in [-0.39, 0.29) is 24.0 Å². The molecule has 2 aromatic carbocycles. The zero-order chi connectivity index (χ0) is 24.5. The summed E-state index contributed by atoms with van der Waals surface area (Å²) >= 11 is 0. The van der Waals surface area contributed by atoms with Crippen LogP contribution in [0.15, 0.2) is 51.7 Å². The van der Waals surface area contributed by atoms with Crippen molar-refractivity contribution < 1.29 is 23.4 Å². The van der Waals surface area contributed by atoms with Gasteiger partial charge in [0.1, 0.15) is 17.9 Å². The summed E-state index contributed by atoms with van der Waals surface area (Å²) in [5.74, 6) is 1.76. The number of benzene rings is 2. The first-order valence-electron chi connectivity index (χ1n) is 11.4. The van der Waals surface area contributed by atoms with Crippen LogP contribution in [0.3, 0.4) is 0 Å². The number of hydrogen-bond acceptors (Lipinski definition) is 6. The minimum atomic E-state index is -0.482. The molecule has 0 saturated carbocycles. The van der Waals surface area contributed by atoms with E-state index in [1.165, 1.54) is 6.07 Å². The van der Waals surface area contributed by atoms with Crippen LogP contribution in [-0.4, -0.2) is 38.2 Å². The largest absolute Gasteiger partial charge is 0.493 e. The Bertz CT molecular complexity index is 1260. The molecule has 1 amide bonds. The third-order valence-electron chi connectivity index (χ3n) is 6.01. The molecule has 0 spiro atoms. The molecule has 0 bridgehead atoms. The van der Waals surface area contributed by atoms with Crippen molar-refractivity contribution in [3.63, 3.8) is 0 Å². The molecular formula is C27H31NO6. The maximum Gasteiger partial charge on any atom is 0.339 e. The molecule has 7 nitrogen and oxygen atoms in total. The molecule has 1 atom stereocenters. The highest BCUT2D eigenvalue weighted by Gasteiger charge is 2.34. The van der Waals surface area contributed by atoms with Crippen LogP contribution in [0.5, 0.6) is 17.2 Å². The fourth-order valence-corrected chi connectivity index (χ4v) is 4.43. The summed E-state index contributed by atoms with van der Waals surface area (Å²) in [6.45, 7) is 6.92. The highest BCUT2D eigenvalue weighted by molar-refractivity contribution is 5.83. The van der Waals surface area contributed by atoms with Crippen LogP contribution >= 0.6 is 0 Å². The number of amides is 1. The van der Waals surface area contributed by atoms with Crippen molar-refractivity contribution in [2.75, 3.05) is 27.4 Å². The predicted molar refractivity (Wildman–Crippen MR) is 130 cm³/mol. The van der Waals surface area contributed by atoms with E-state index in [4.69, 9.17) is 18.6 Å². The smallest absolute Gasteiger partial charge is 0.339 e. The van der Waals surface area contributed by atoms with Gasteiger partial charge in [0.15, 0.2) is 11.5 Å². The molecular weight excluding hydrogens is 434 g/mol. The molecule has 34 heavy (non-hydrogen) atoms. The zero-order valence-corrected chi connectivity index (χ0v) is 20.3. The first-order chi connectivity index (χ1) is 16.2. The first-order valence-corrected chi connectivity index (χ1v) is 11.4. The normalized spacial score (nSPS) is 15.7. The van der Waals surface area contributed by atoms with E-state index in [0.717, 1.165) is 11.1 Å². The molecule has 180 valence electrons. The number of methoxy groups -OCH3 is 2. The Kier molecular flexibility index (Phi) is 6.55. The van der Waals surface area contributed by atoms with Gasteiger partial charge in [0, 0.05) is 13.0 Å². The van der Waals surface area contributed by atoms with Gasteiger partial charge in [-0.15, -0.1) is 0 Å². The van der Waals surface area contributed by atoms with Gasteiger partial charge < -0.3 is 23.5 Å². The maximum absolute atomic E-state index is 13.3. The third kappa shape index (κ3) is 4.88. The molecule has 1 aliphatic rings. The number of ether oxygens (including phenoxy) is 3. The molecule has 0 saturated heterocycles. The molecule has 1 aliphatic heterocycles. The van der Waals surface area contributed by atoms with Crippen LogP contribution in [0.1, 0.15) is 44.4 Å². The molecule has 1 aromatic heterocycles. The van der Waals surface area contributed by atoms with Gasteiger partial charge in [-0.3, -0.25) is 4.79 Å². The molecule has 7 heteroatoms. The number of carbonyl (C=O) groups excluding carboxylic acids is 1. The fourth-order valence-electron chi connectivity index (χ4n) is 4.43. The van der Waals surface area contributed by atoms with Gasteiger partial charge in [0.2, 0.25) is 5.91 Å². The number of carbonyl (C=O) groups is 1. The van der Waals surface area contributed by atoms with Crippen molar-refractivity contribution >= 4 is 16.9 Å². The number of nitrogens with zero attached hydrogens (tertiary/aromatic N) is 1. The van der Waals surface area contributed by atoms with Crippen LogP contribution in [-0.2, 0) is 11.2 Å². The standard InChI is InChI=1S/C27H31NO6/c1-27(2,3)15-25(29)28-11-10-17-12-23(31-4)24(32-5)13-19(17)20(28)16-33-22-14-26(30)34-21-9-7-6-8-18(21)22/h6-9,12-14,20H,10-11,15-16H2,1-5H3. The van der Waals surface area contributed by atoms with E-state index in [0.29, 0.717) is 47.6 Å². The van der Waals surface area contributed by atoms with Crippen LogP contribution in [0, 0.1) is 5.41 Å². The van der Waals surface area contributed by atoms with Crippen LogP contribution in [0.25, 0.3) is 11.0 Å². The number of rotatable bonds is 6. The first kappa shape index (κ1) is 23.7. The Balaban J connectivity index is 1.73. The summed E-state index contributed by atoms with van der Waals surface area (Å²) in [6, 6.07) is 12.1. The maximum atomic E-state index is 13.3. The highest BCUT2D eigenvalue weighted by atomic mass is 16.5.